The molecule has 5 nitrogen and oxygen atoms in total. The Balaban J connectivity index is 0. The fourth-order valence-corrected chi connectivity index (χ4v) is 1.72. The van der Waals surface area contributed by atoms with E-state index in [1.807, 2.05) is 55.4 Å². The third-order valence-corrected chi connectivity index (χ3v) is 2.63. The van der Waals surface area contributed by atoms with Crippen molar-refractivity contribution >= 4 is 6.09 Å². The van der Waals surface area contributed by atoms with Gasteiger partial charge in [0.2, 0.25) is 0 Å². The first-order valence-corrected chi connectivity index (χ1v) is 7.91. The van der Waals surface area contributed by atoms with Crippen LogP contribution < -0.4 is 11.5 Å². The van der Waals surface area contributed by atoms with E-state index in [1.54, 1.807) is 4.90 Å². The van der Waals surface area contributed by atoms with Crippen molar-refractivity contribution in [1.29, 1.82) is 0 Å². The molecule has 126 valence electrons. The van der Waals surface area contributed by atoms with Gasteiger partial charge in [0.1, 0.15) is 5.60 Å². The van der Waals surface area contributed by atoms with Crippen LogP contribution in [0.3, 0.4) is 0 Å². The Kier molecular flexibility index (Phi) is 11.0. The van der Waals surface area contributed by atoms with Crippen LogP contribution in [0.15, 0.2) is 11.3 Å². The third kappa shape index (κ3) is 8.60. The van der Waals surface area contributed by atoms with Crippen molar-refractivity contribution in [1.82, 2.24) is 4.90 Å². The molecule has 1 amide bonds. The molecule has 0 aromatic carbocycles. The highest BCUT2D eigenvalue weighted by molar-refractivity contribution is 5.69. The highest BCUT2D eigenvalue weighted by Gasteiger charge is 2.27. The Morgan fingerprint density at radius 1 is 1.24 bits per heavy atom. The lowest BCUT2D eigenvalue weighted by Gasteiger charge is -2.32. The second-order valence-corrected chi connectivity index (χ2v) is 5.49. The van der Waals surface area contributed by atoms with Gasteiger partial charge in [-0.1, -0.05) is 27.7 Å². The van der Waals surface area contributed by atoms with Crippen molar-refractivity contribution in [3.63, 3.8) is 0 Å². The van der Waals surface area contributed by atoms with E-state index in [0.717, 1.165) is 11.3 Å². The standard InChI is InChI=1S/C12H23N3O2.2C2H6/c1-8(13)9-7-15(6-5-10(9)14)11(16)17-12(2,3)4;2*1-2/h8H,5-7,13-14H2,1-4H3;2*1-2H3. The lowest BCUT2D eigenvalue weighted by molar-refractivity contribution is 0.0257. The van der Waals surface area contributed by atoms with Gasteiger partial charge in [0.15, 0.2) is 0 Å². The van der Waals surface area contributed by atoms with Crippen LogP contribution in [0.2, 0.25) is 0 Å². The van der Waals surface area contributed by atoms with E-state index in [2.05, 4.69) is 0 Å². The summed E-state index contributed by atoms with van der Waals surface area (Å²) in [5.41, 5.74) is 13.0. The molecule has 0 saturated carbocycles. The fourth-order valence-electron chi connectivity index (χ4n) is 1.72. The molecule has 5 heteroatoms. The van der Waals surface area contributed by atoms with Crippen molar-refractivity contribution in [2.45, 2.75) is 73.5 Å². The summed E-state index contributed by atoms with van der Waals surface area (Å²) in [6, 6.07) is -0.125. The molecule has 1 unspecified atom stereocenters. The molecule has 1 rings (SSSR count). The largest absolute Gasteiger partial charge is 0.444 e. The van der Waals surface area contributed by atoms with Gasteiger partial charge in [-0.2, -0.15) is 0 Å². The van der Waals surface area contributed by atoms with E-state index < -0.39 is 5.60 Å². The average molecular weight is 301 g/mol. The summed E-state index contributed by atoms with van der Waals surface area (Å²) < 4.78 is 5.32. The number of rotatable bonds is 1. The topological polar surface area (TPSA) is 81.6 Å². The Hall–Kier alpha value is -1.23. The smallest absolute Gasteiger partial charge is 0.410 e. The zero-order chi connectivity index (χ0) is 17.2. The second-order valence-electron chi connectivity index (χ2n) is 5.49. The van der Waals surface area contributed by atoms with Gasteiger partial charge in [-0.05, 0) is 33.3 Å². The van der Waals surface area contributed by atoms with E-state index in [4.69, 9.17) is 16.2 Å². The molecule has 0 aliphatic carbocycles. The maximum absolute atomic E-state index is 11.9. The number of hydrogen-bond acceptors (Lipinski definition) is 4. The van der Waals surface area contributed by atoms with Gasteiger partial charge in [-0.15, -0.1) is 0 Å². The van der Waals surface area contributed by atoms with E-state index in [0.29, 0.717) is 19.5 Å². The second kappa shape index (κ2) is 10.5. The fraction of sp³-hybridized carbons (Fsp3) is 0.812. The molecule has 1 heterocycles. The van der Waals surface area contributed by atoms with Crippen LogP contribution >= 0.6 is 0 Å². The minimum absolute atomic E-state index is 0.125. The average Bonchev–Trinajstić information content (AvgIpc) is 2.41. The highest BCUT2D eigenvalue weighted by Crippen LogP contribution is 2.19. The SMILES string of the molecule is CC.CC.CC(N)C1=C(N)CCN(C(=O)OC(C)(C)C)C1. The molecule has 21 heavy (non-hydrogen) atoms. The zero-order valence-electron chi connectivity index (χ0n) is 15.1. The van der Waals surface area contributed by atoms with Crippen LogP contribution in [0.25, 0.3) is 0 Å². The first-order valence-electron chi connectivity index (χ1n) is 7.91. The van der Waals surface area contributed by atoms with E-state index in [-0.39, 0.29) is 12.1 Å². The van der Waals surface area contributed by atoms with Gasteiger partial charge in [-0.3, -0.25) is 0 Å². The number of nitrogens with two attached hydrogens (primary N) is 2. The van der Waals surface area contributed by atoms with Gasteiger partial charge in [0.25, 0.3) is 0 Å². The molecule has 0 aromatic heterocycles. The molecule has 0 bridgehead atoms. The molecule has 0 radical (unpaired) electrons. The molecule has 1 aliphatic heterocycles. The van der Waals surface area contributed by atoms with Crippen LogP contribution in [0.1, 0.15) is 61.8 Å². The summed E-state index contributed by atoms with van der Waals surface area (Å²) in [4.78, 5) is 13.5. The number of hydrogen-bond donors (Lipinski definition) is 2. The Morgan fingerprint density at radius 3 is 2.10 bits per heavy atom. The quantitative estimate of drug-likeness (QED) is 0.779. The summed E-state index contributed by atoms with van der Waals surface area (Å²) in [7, 11) is 0. The minimum atomic E-state index is -0.474. The Bertz CT molecular complexity index is 331. The lowest BCUT2D eigenvalue weighted by Crippen LogP contribution is -2.44. The first-order chi connectivity index (χ1) is 9.70. The molecule has 1 aliphatic rings. The summed E-state index contributed by atoms with van der Waals surface area (Å²) >= 11 is 0. The third-order valence-electron chi connectivity index (χ3n) is 2.63. The van der Waals surface area contributed by atoms with Crippen molar-refractivity contribution in [2.75, 3.05) is 13.1 Å². The van der Waals surface area contributed by atoms with Gasteiger partial charge in [-0.25, -0.2) is 4.79 Å². The maximum atomic E-state index is 11.9. The van der Waals surface area contributed by atoms with Gasteiger partial charge in [0.05, 0.1) is 0 Å². The molecule has 0 fully saturated rings. The predicted octanol–water partition coefficient (Wildman–Crippen LogP) is 3.24. The molecule has 0 spiro atoms. The van der Waals surface area contributed by atoms with E-state index in [9.17, 15) is 4.79 Å². The maximum Gasteiger partial charge on any atom is 0.410 e. The number of carbonyl (C=O) groups excluding carboxylic acids is 1. The first kappa shape index (κ1) is 22.1. The van der Waals surface area contributed by atoms with Crippen LogP contribution in [0.5, 0.6) is 0 Å². The monoisotopic (exact) mass is 301 g/mol. The number of nitrogens with zero attached hydrogens (tertiary/aromatic N) is 1. The molecule has 0 saturated heterocycles. The molecule has 4 N–H and O–H groups in total. The summed E-state index contributed by atoms with van der Waals surface area (Å²) in [6.45, 7) is 16.5. The van der Waals surface area contributed by atoms with Crippen LogP contribution in [-0.4, -0.2) is 35.7 Å². The highest BCUT2D eigenvalue weighted by atomic mass is 16.6. The molecular formula is C16H35N3O2. The number of amides is 1. The molecular weight excluding hydrogens is 266 g/mol. The zero-order valence-corrected chi connectivity index (χ0v) is 15.1. The number of carbonyl (C=O) groups is 1. The van der Waals surface area contributed by atoms with Crippen molar-refractivity contribution in [3.05, 3.63) is 11.3 Å². The molecule has 1 atom stereocenters. The summed E-state index contributed by atoms with van der Waals surface area (Å²) in [5, 5.41) is 0. The van der Waals surface area contributed by atoms with Gasteiger partial charge in [0, 0.05) is 31.2 Å². The van der Waals surface area contributed by atoms with Crippen LogP contribution in [-0.2, 0) is 4.74 Å². The van der Waals surface area contributed by atoms with Gasteiger partial charge >= 0.3 is 6.09 Å². The lowest BCUT2D eigenvalue weighted by atomic mass is 10.0. The normalized spacial score (nSPS) is 16.1. The molecule has 0 aromatic rings. The van der Waals surface area contributed by atoms with Crippen LogP contribution in [0, 0.1) is 0 Å². The Morgan fingerprint density at radius 2 is 1.71 bits per heavy atom. The van der Waals surface area contributed by atoms with Crippen molar-refractivity contribution < 1.29 is 9.53 Å². The summed E-state index contributed by atoms with van der Waals surface area (Å²) in [6.07, 6.45) is 0.360. The Labute approximate surface area is 130 Å². The van der Waals surface area contributed by atoms with E-state index in [1.165, 1.54) is 0 Å². The van der Waals surface area contributed by atoms with Gasteiger partial charge < -0.3 is 21.1 Å². The minimum Gasteiger partial charge on any atom is -0.444 e. The van der Waals surface area contributed by atoms with Crippen LogP contribution in [0.4, 0.5) is 4.79 Å². The van der Waals surface area contributed by atoms with Crippen molar-refractivity contribution in [3.8, 4) is 0 Å². The van der Waals surface area contributed by atoms with E-state index >= 15 is 0 Å². The number of ether oxygens (including phenoxy) is 1. The summed E-state index contributed by atoms with van der Waals surface area (Å²) in [5.74, 6) is 0. The van der Waals surface area contributed by atoms with Crippen molar-refractivity contribution in [2.24, 2.45) is 11.5 Å². The predicted molar refractivity (Wildman–Crippen MR) is 90.0 cm³/mol.